The Bertz CT molecular complexity index is 1800. The summed E-state index contributed by atoms with van der Waals surface area (Å²) in [6, 6.07) is 20.5. The number of nitrogens with zero attached hydrogens (tertiary/aromatic N) is 4. The quantitative estimate of drug-likeness (QED) is 0.206. The van der Waals surface area contributed by atoms with E-state index >= 15 is 0 Å². The number of sulfonamides is 1. The van der Waals surface area contributed by atoms with Gasteiger partial charge in [0.15, 0.2) is 0 Å². The van der Waals surface area contributed by atoms with Gasteiger partial charge in [-0.3, -0.25) is 14.5 Å². The van der Waals surface area contributed by atoms with Crippen molar-refractivity contribution in [3.05, 3.63) is 113 Å². The fourth-order valence-corrected chi connectivity index (χ4v) is 5.17. The first-order valence-electron chi connectivity index (χ1n) is 12.0. The largest absolute Gasteiger partial charge is 0.456 e. The Morgan fingerprint density at radius 3 is 2.54 bits per heavy atom. The number of amides is 1. The van der Waals surface area contributed by atoms with Crippen LogP contribution in [0, 0.1) is 0 Å². The van der Waals surface area contributed by atoms with Crippen molar-refractivity contribution in [3.8, 4) is 22.9 Å². The van der Waals surface area contributed by atoms with Crippen LogP contribution in [-0.2, 0) is 16.6 Å². The van der Waals surface area contributed by atoms with Crippen LogP contribution in [-0.4, -0.2) is 41.4 Å². The lowest BCUT2D eigenvalue weighted by Gasteiger charge is -2.18. The van der Waals surface area contributed by atoms with Crippen LogP contribution in [0.25, 0.3) is 11.4 Å². The standard InChI is InChI=1S/C28H21Cl2N5O5S/c1-35(17-26-32-27(33-40-26)18-5-4-14-31-16-18)28(36)22-15-19(29)8-13-24(22)34-41(37,38)21-11-9-20(10-12-21)39-25-7-3-2-6-23(25)30/h2-16,34H,17H2,1H3. The summed E-state index contributed by atoms with van der Waals surface area (Å²) in [6.07, 6.45) is 3.22. The molecule has 2 aromatic heterocycles. The van der Waals surface area contributed by atoms with Gasteiger partial charge in [0.25, 0.3) is 15.9 Å². The monoisotopic (exact) mass is 609 g/mol. The van der Waals surface area contributed by atoms with Crippen LogP contribution in [0.4, 0.5) is 5.69 Å². The molecule has 0 saturated heterocycles. The number of benzene rings is 3. The summed E-state index contributed by atoms with van der Waals surface area (Å²) in [4.78, 5) is 23.0. The van der Waals surface area contributed by atoms with Gasteiger partial charge in [0.05, 0.1) is 27.7 Å². The number of aromatic nitrogens is 3. The molecule has 0 atom stereocenters. The van der Waals surface area contributed by atoms with E-state index in [2.05, 4.69) is 19.8 Å². The summed E-state index contributed by atoms with van der Waals surface area (Å²) in [5.74, 6) is 0.824. The average molecular weight is 610 g/mol. The third-order valence-corrected chi connectivity index (χ3v) is 7.69. The van der Waals surface area contributed by atoms with Gasteiger partial charge in [-0.2, -0.15) is 4.98 Å². The number of pyridine rings is 1. The molecule has 13 heteroatoms. The lowest BCUT2D eigenvalue weighted by Crippen LogP contribution is -2.28. The van der Waals surface area contributed by atoms with Crippen LogP contribution in [0.1, 0.15) is 16.2 Å². The molecule has 0 aliphatic heterocycles. The molecule has 1 amide bonds. The number of carbonyl (C=O) groups excluding carboxylic acids is 1. The number of carbonyl (C=O) groups is 1. The van der Waals surface area contributed by atoms with E-state index in [1.54, 1.807) is 48.8 Å². The summed E-state index contributed by atoms with van der Waals surface area (Å²) < 4.78 is 39.9. The zero-order valence-electron chi connectivity index (χ0n) is 21.4. The van der Waals surface area contributed by atoms with Crippen LogP contribution in [0.5, 0.6) is 11.5 Å². The summed E-state index contributed by atoms with van der Waals surface area (Å²) >= 11 is 12.3. The van der Waals surface area contributed by atoms with E-state index in [1.807, 2.05) is 0 Å². The Morgan fingerprint density at radius 2 is 1.80 bits per heavy atom. The average Bonchev–Trinajstić information content (AvgIpc) is 3.44. The smallest absolute Gasteiger partial charge is 0.261 e. The molecule has 5 rings (SSSR count). The first-order valence-corrected chi connectivity index (χ1v) is 14.3. The van der Waals surface area contributed by atoms with Crippen molar-refractivity contribution in [1.82, 2.24) is 20.0 Å². The highest BCUT2D eigenvalue weighted by Gasteiger charge is 2.23. The minimum Gasteiger partial charge on any atom is -0.456 e. The van der Waals surface area contributed by atoms with Gasteiger partial charge in [0.1, 0.15) is 11.5 Å². The van der Waals surface area contributed by atoms with Crippen molar-refractivity contribution < 1.29 is 22.5 Å². The number of halogens is 2. The van der Waals surface area contributed by atoms with Crippen LogP contribution in [0.2, 0.25) is 10.0 Å². The van der Waals surface area contributed by atoms with Gasteiger partial charge < -0.3 is 14.2 Å². The van der Waals surface area contributed by atoms with Crippen molar-refractivity contribution in [2.45, 2.75) is 11.4 Å². The molecule has 0 bridgehead atoms. The molecule has 0 aliphatic rings. The second-order valence-electron chi connectivity index (χ2n) is 8.71. The Labute approximate surface area is 245 Å². The Morgan fingerprint density at radius 1 is 1.02 bits per heavy atom. The van der Waals surface area contributed by atoms with Gasteiger partial charge >= 0.3 is 0 Å². The van der Waals surface area contributed by atoms with Crippen molar-refractivity contribution in [3.63, 3.8) is 0 Å². The number of anilines is 1. The van der Waals surface area contributed by atoms with Gasteiger partial charge in [0.2, 0.25) is 11.7 Å². The third kappa shape index (κ3) is 6.65. The number of para-hydroxylation sites is 1. The molecule has 0 unspecified atom stereocenters. The SMILES string of the molecule is CN(Cc1nc(-c2cccnc2)no1)C(=O)c1cc(Cl)ccc1NS(=O)(=O)c1ccc(Oc2ccccc2Cl)cc1. The second-order valence-corrected chi connectivity index (χ2v) is 11.2. The lowest BCUT2D eigenvalue weighted by atomic mass is 10.1. The summed E-state index contributed by atoms with van der Waals surface area (Å²) in [5, 5.41) is 4.60. The molecule has 0 radical (unpaired) electrons. The normalized spacial score (nSPS) is 11.2. The molecule has 2 heterocycles. The number of rotatable bonds is 9. The van der Waals surface area contributed by atoms with E-state index in [0.717, 1.165) is 0 Å². The molecule has 41 heavy (non-hydrogen) atoms. The fraction of sp³-hybridized carbons (Fsp3) is 0.0714. The fourth-order valence-electron chi connectivity index (χ4n) is 3.74. The maximum Gasteiger partial charge on any atom is 0.261 e. The molecule has 0 saturated carbocycles. The first kappa shape index (κ1) is 28.1. The molecule has 10 nitrogen and oxygen atoms in total. The van der Waals surface area contributed by atoms with E-state index in [0.29, 0.717) is 27.9 Å². The molecule has 0 aliphatic carbocycles. The Hall–Kier alpha value is -4.45. The minimum atomic E-state index is -4.08. The highest BCUT2D eigenvalue weighted by atomic mass is 35.5. The Kier molecular flexibility index (Phi) is 8.20. The van der Waals surface area contributed by atoms with Crippen LogP contribution in [0.15, 0.2) is 101 Å². The van der Waals surface area contributed by atoms with Crippen LogP contribution >= 0.6 is 23.2 Å². The molecular weight excluding hydrogens is 589 g/mol. The minimum absolute atomic E-state index is 0.0301. The number of hydrogen-bond donors (Lipinski definition) is 1. The zero-order valence-corrected chi connectivity index (χ0v) is 23.7. The molecule has 5 aromatic rings. The summed E-state index contributed by atoms with van der Waals surface area (Å²) in [7, 11) is -2.56. The highest BCUT2D eigenvalue weighted by molar-refractivity contribution is 7.92. The zero-order chi connectivity index (χ0) is 29.0. The molecule has 1 N–H and O–H groups in total. The van der Waals surface area contributed by atoms with E-state index in [9.17, 15) is 13.2 Å². The molecular formula is C28H21Cl2N5O5S. The van der Waals surface area contributed by atoms with E-state index < -0.39 is 15.9 Å². The van der Waals surface area contributed by atoms with Gasteiger partial charge in [-0.15, -0.1) is 0 Å². The van der Waals surface area contributed by atoms with Gasteiger partial charge in [0, 0.05) is 30.0 Å². The number of nitrogens with one attached hydrogen (secondary N) is 1. The molecule has 0 spiro atoms. The van der Waals surface area contributed by atoms with Crippen molar-refractivity contribution in [1.29, 1.82) is 0 Å². The lowest BCUT2D eigenvalue weighted by molar-refractivity contribution is 0.0770. The second kappa shape index (κ2) is 12.0. The van der Waals surface area contributed by atoms with E-state index in [4.69, 9.17) is 32.5 Å². The predicted octanol–water partition coefficient (Wildman–Crippen LogP) is 6.30. The van der Waals surface area contributed by atoms with Gasteiger partial charge in [-0.05, 0) is 66.7 Å². The van der Waals surface area contributed by atoms with E-state index in [-0.39, 0.29) is 33.6 Å². The number of hydrogen-bond acceptors (Lipinski definition) is 8. The Balaban J connectivity index is 1.32. The van der Waals surface area contributed by atoms with Gasteiger partial charge in [-0.25, -0.2) is 8.42 Å². The van der Waals surface area contributed by atoms with Crippen molar-refractivity contribution in [2.75, 3.05) is 11.8 Å². The van der Waals surface area contributed by atoms with Crippen molar-refractivity contribution >= 4 is 44.8 Å². The number of ether oxygens (including phenoxy) is 1. The predicted molar refractivity (Wildman–Crippen MR) is 154 cm³/mol. The topological polar surface area (TPSA) is 128 Å². The van der Waals surface area contributed by atoms with E-state index in [1.165, 1.54) is 54.4 Å². The highest BCUT2D eigenvalue weighted by Crippen LogP contribution is 2.30. The summed E-state index contributed by atoms with van der Waals surface area (Å²) in [5.41, 5.74) is 0.741. The maximum absolute atomic E-state index is 13.4. The first-order chi connectivity index (χ1) is 19.7. The maximum atomic E-state index is 13.4. The molecule has 3 aromatic carbocycles. The van der Waals surface area contributed by atoms with Crippen LogP contribution < -0.4 is 9.46 Å². The molecule has 0 fully saturated rings. The van der Waals surface area contributed by atoms with Crippen LogP contribution in [0.3, 0.4) is 0 Å². The molecule has 208 valence electrons. The summed E-state index contributed by atoms with van der Waals surface area (Å²) in [6.45, 7) is -0.0301. The van der Waals surface area contributed by atoms with Gasteiger partial charge in [-0.1, -0.05) is 40.5 Å². The van der Waals surface area contributed by atoms with Crippen molar-refractivity contribution in [2.24, 2.45) is 0 Å². The third-order valence-electron chi connectivity index (χ3n) is 5.76.